The Balaban J connectivity index is 3.37. The standard InChI is InChI=1S/C12H19NO2/c1-5-9-10(14-3)6-7-11(15-4)12(9)8(2)13/h6-8H,5,13H2,1-4H3. The summed E-state index contributed by atoms with van der Waals surface area (Å²) >= 11 is 0. The summed E-state index contributed by atoms with van der Waals surface area (Å²) in [5, 5.41) is 0. The maximum absolute atomic E-state index is 5.95. The summed E-state index contributed by atoms with van der Waals surface area (Å²) in [4.78, 5) is 0. The maximum atomic E-state index is 5.95. The summed E-state index contributed by atoms with van der Waals surface area (Å²) in [7, 11) is 3.33. The third-order valence-corrected chi connectivity index (χ3v) is 2.52. The molecule has 1 unspecified atom stereocenters. The Labute approximate surface area is 91.2 Å². The first-order valence-electron chi connectivity index (χ1n) is 5.15. The quantitative estimate of drug-likeness (QED) is 0.827. The molecule has 0 saturated carbocycles. The van der Waals surface area contributed by atoms with Gasteiger partial charge in [-0.15, -0.1) is 0 Å². The molecule has 3 heteroatoms. The minimum absolute atomic E-state index is 0.0509. The van der Waals surface area contributed by atoms with Gasteiger partial charge in [0.1, 0.15) is 11.5 Å². The zero-order chi connectivity index (χ0) is 11.4. The van der Waals surface area contributed by atoms with E-state index in [9.17, 15) is 0 Å². The van der Waals surface area contributed by atoms with Crippen LogP contribution in [0.5, 0.6) is 11.5 Å². The molecule has 1 aromatic rings. The number of rotatable bonds is 4. The van der Waals surface area contributed by atoms with Crippen molar-refractivity contribution in [2.24, 2.45) is 5.73 Å². The van der Waals surface area contributed by atoms with Crippen LogP contribution in [-0.4, -0.2) is 14.2 Å². The number of hydrogen-bond donors (Lipinski definition) is 1. The minimum Gasteiger partial charge on any atom is -0.496 e. The van der Waals surface area contributed by atoms with Gasteiger partial charge in [-0.05, 0) is 25.5 Å². The zero-order valence-corrected chi connectivity index (χ0v) is 9.83. The van der Waals surface area contributed by atoms with Crippen LogP contribution in [0.4, 0.5) is 0 Å². The predicted molar refractivity (Wildman–Crippen MR) is 61.5 cm³/mol. The fraction of sp³-hybridized carbons (Fsp3) is 0.500. The Morgan fingerprint density at radius 2 is 1.73 bits per heavy atom. The van der Waals surface area contributed by atoms with Gasteiger partial charge in [-0.1, -0.05) is 6.92 Å². The van der Waals surface area contributed by atoms with E-state index in [0.29, 0.717) is 0 Å². The molecule has 0 heterocycles. The Kier molecular flexibility index (Phi) is 3.97. The van der Waals surface area contributed by atoms with Gasteiger partial charge in [0.2, 0.25) is 0 Å². The van der Waals surface area contributed by atoms with E-state index in [1.165, 1.54) is 0 Å². The molecule has 84 valence electrons. The van der Waals surface area contributed by atoms with E-state index in [2.05, 4.69) is 6.92 Å². The molecule has 0 aliphatic rings. The van der Waals surface area contributed by atoms with Crippen molar-refractivity contribution < 1.29 is 9.47 Å². The van der Waals surface area contributed by atoms with Crippen LogP contribution in [0.3, 0.4) is 0 Å². The Morgan fingerprint density at radius 3 is 2.13 bits per heavy atom. The van der Waals surface area contributed by atoms with Crippen molar-refractivity contribution in [3.05, 3.63) is 23.3 Å². The molecule has 0 amide bonds. The average molecular weight is 209 g/mol. The second-order valence-electron chi connectivity index (χ2n) is 3.50. The second kappa shape index (κ2) is 5.03. The third kappa shape index (κ3) is 2.23. The van der Waals surface area contributed by atoms with Crippen molar-refractivity contribution >= 4 is 0 Å². The number of benzene rings is 1. The molecule has 2 N–H and O–H groups in total. The van der Waals surface area contributed by atoms with E-state index >= 15 is 0 Å². The van der Waals surface area contributed by atoms with Gasteiger partial charge in [0, 0.05) is 17.2 Å². The highest BCUT2D eigenvalue weighted by atomic mass is 16.5. The fourth-order valence-electron chi connectivity index (χ4n) is 1.86. The summed E-state index contributed by atoms with van der Waals surface area (Å²) in [5.74, 6) is 1.72. The summed E-state index contributed by atoms with van der Waals surface area (Å²) in [6, 6.07) is 3.77. The average Bonchev–Trinajstić information content (AvgIpc) is 2.26. The number of ether oxygens (including phenoxy) is 2. The van der Waals surface area contributed by atoms with Crippen LogP contribution in [0, 0.1) is 0 Å². The van der Waals surface area contributed by atoms with Gasteiger partial charge in [-0.2, -0.15) is 0 Å². The molecule has 3 nitrogen and oxygen atoms in total. The van der Waals surface area contributed by atoms with Gasteiger partial charge in [-0.25, -0.2) is 0 Å². The molecule has 0 aliphatic heterocycles. The summed E-state index contributed by atoms with van der Waals surface area (Å²) in [6.07, 6.45) is 0.886. The molecular formula is C12H19NO2. The summed E-state index contributed by atoms with van der Waals surface area (Å²) in [5.41, 5.74) is 8.13. The van der Waals surface area contributed by atoms with Gasteiger partial charge in [0.15, 0.2) is 0 Å². The van der Waals surface area contributed by atoms with Crippen LogP contribution in [-0.2, 0) is 6.42 Å². The lowest BCUT2D eigenvalue weighted by atomic mass is 9.98. The van der Waals surface area contributed by atoms with Gasteiger partial charge in [0.05, 0.1) is 14.2 Å². The van der Waals surface area contributed by atoms with E-state index in [1.54, 1.807) is 14.2 Å². The Bertz CT molecular complexity index is 335. The lowest BCUT2D eigenvalue weighted by Crippen LogP contribution is -2.11. The summed E-state index contributed by atoms with van der Waals surface area (Å²) < 4.78 is 10.6. The van der Waals surface area contributed by atoms with Crippen molar-refractivity contribution in [2.45, 2.75) is 26.3 Å². The van der Waals surface area contributed by atoms with E-state index in [1.807, 2.05) is 19.1 Å². The molecule has 0 bridgehead atoms. The zero-order valence-electron chi connectivity index (χ0n) is 9.83. The first-order chi connectivity index (χ1) is 7.15. The molecule has 1 aromatic carbocycles. The van der Waals surface area contributed by atoms with Crippen LogP contribution in [0.25, 0.3) is 0 Å². The predicted octanol–water partition coefficient (Wildman–Crippen LogP) is 2.29. The molecule has 15 heavy (non-hydrogen) atoms. The largest absolute Gasteiger partial charge is 0.496 e. The monoisotopic (exact) mass is 209 g/mol. The van der Waals surface area contributed by atoms with Crippen molar-refractivity contribution in [3.63, 3.8) is 0 Å². The highest BCUT2D eigenvalue weighted by Gasteiger charge is 2.16. The van der Waals surface area contributed by atoms with Gasteiger partial charge >= 0.3 is 0 Å². The van der Waals surface area contributed by atoms with Gasteiger partial charge < -0.3 is 15.2 Å². The molecule has 0 aromatic heterocycles. The van der Waals surface area contributed by atoms with E-state index < -0.39 is 0 Å². The number of nitrogens with two attached hydrogens (primary N) is 1. The Hall–Kier alpha value is -1.22. The smallest absolute Gasteiger partial charge is 0.124 e. The molecule has 0 radical (unpaired) electrons. The second-order valence-corrected chi connectivity index (χ2v) is 3.50. The van der Waals surface area contributed by atoms with Crippen molar-refractivity contribution in [1.29, 1.82) is 0 Å². The number of hydrogen-bond acceptors (Lipinski definition) is 3. The molecule has 1 rings (SSSR count). The van der Waals surface area contributed by atoms with Crippen LogP contribution in [0.1, 0.15) is 31.0 Å². The highest BCUT2D eigenvalue weighted by Crippen LogP contribution is 2.34. The molecular weight excluding hydrogens is 190 g/mol. The van der Waals surface area contributed by atoms with E-state index in [0.717, 1.165) is 29.0 Å². The highest BCUT2D eigenvalue weighted by molar-refractivity contribution is 5.50. The third-order valence-electron chi connectivity index (χ3n) is 2.52. The minimum atomic E-state index is -0.0509. The van der Waals surface area contributed by atoms with Crippen LogP contribution >= 0.6 is 0 Å². The lowest BCUT2D eigenvalue weighted by molar-refractivity contribution is 0.392. The molecule has 0 spiro atoms. The van der Waals surface area contributed by atoms with Crippen LogP contribution in [0.15, 0.2) is 12.1 Å². The molecule has 0 fully saturated rings. The molecule has 1 atom stereocenters. The van der Waals surface area contributed by atoms with E-state index in [-0.39, 0.29) is 6.04 Å². The normalized spacial score (nSPS) is 12.3. The van der Waals surface area contributed by atoms with Crippen LogP contribution in [0.2, 0.25) is 0 Å². The van der Waals surface area contributed by atoms with Crippen molar-refractivity contribution in [2.75, 3.05) is 14.2 Å². The fourth-order valence-corrected chi connectivity index (χ4v) is 1.86. The summed E-state index contributed by atoms with van der Waals surface area (Å²) in [6.45, 7) is 4.04. The first kappa shape index (κ1) is 11.9. The SMILES string of the molecule is CCc1c(OC)ccc(OC)c1C(C)N. The Morgan fingerprint density at radius 1 is 1.20 bits per heavy atom. The van der Waals surface area contributed by atoms with Crippen molar-refractivity contribution in [3.8, 4) is 11.5 Å². The van der Waals surface area contributed by atoms with E-state index in [4.69, 9.17) is 15.2 Å². The topological polar surface area (TPSA) is 44.5 Å². The first-order valence-corrected chi connectivity index (χ1v) is 5.15. The lowest BCUT2D eigenvalue weighted by Gasteiger charge is -2.18. The maximum Gasteiger partial charge on any atom is 0.124 e. The van der Waals surface area contributed by atoms with Crippen molar-refractivity contribution in [1.82, 2.24) is 0 Å². The van der Waals surface area contributed by atoms with Gasteiger partial charge in [0.25, 0.3) is 0 Å². The van der Waals surface area contributed by atoms with Crippen LogP contribution < -0.4 is 15.2 Å². The number of methoxy groups -OCH3 is 2. The molecule has 0 aliphatic carbocycles. The van der Waals surface area contributed by atoms with Gasteiger partial charge in [-0.3, -0.25) is 0 Å². The molecule has 0 saturated heterocycles.